The van der Waals surface area contributed by atoms with Crippen molar-refractivity contribution < 1.29 is 9.85 Å². The molecule has 0 saturated heterocycles. The molecule has 0 fully saturated rings. The van der Waals surface area contributed by atoms with Crippen molar-refractivity contribution in [1.29, 1.82) is 0 Å². The van der Waals surface area contributed by atoms with Crippen molar-refractivity contribution in [2.24, 2.45) is 5.10 Å². The molecule has 0 bridgehead atoms. The molecule has 0 atom stereocenters. The van der Waals surface area contributed by atoms with Gasteiger partial charge in [0.25, 0.3) is 11.4 Å². The first-order valence-electron chi connectivity index (χ1n) is 6.51. The van der Waals surface area contributed by atoms with E-state index >= 15 is 0 Å². The predicted octanol–water partition coefficient (Wildman–Crippen LogP) is 2.99. The molecule has 0 saturated carbocycles. The third kappa shape index (κ3) is 4.00. The molecule has 0 heterocycles. The van der Waals surface area contributed by atoms with Crippen molar-refractivity contribution in [3.05, 3.63) is 68.3 Å². The molecule has 0 amide bonds. The van der Waals surface area contributed by atoms with Crippen LogP contribution in [0.25, 0.3) is 0 Å². The van der Waals surface area contributed by atoms with Crippen LogP contribution in [0.3, 0.4) is 0 Å². The van der Waals surface area contributed by atoms with Crippen LogP contribution < -0.4 is 10.7 Å². The van der Waals surface area contributed by atoms with Crippen LogP contribution in [0.2, 0.25) is 0 Å². The Hall–Kier alpha value is -3.49. The van der Waals surface area contributed by atoms with E-state index in [1.165, 1.54) is 36.5 Å². The lowest BCUT2D eigenvalue weighted by atomic mass is 10.2. The Morgan fingerprint density at radius 2 is 1.74 bits per heavy atom. The number of hydrogen-bond acceptors (Lipinski definition) is 7. The van der Waals surface area contributed by atoms with Gasteiger partial charge in [-0.1, -0.05) is 6.07 Å². The number of nitro groups is 2. The summed E-state index contributed by atoms with van der Waals surface area (Å²) < 4.78 is 0. The van der Waals surface area contributed by atoms with Crippen LogP contribution in [-0.4, -0.2) is 23.1 Å². The SMILES string of the molecule is CNc1ccc(/C=N/Nc2ccc([N+](=O)[O-])cc2)cc1[N+](=O)[O-]. The van der Waals surface area contributed by atoms with Crippen LogP contribution in [0.15, 0.2) is 47.6 Å². The molecule has 0 radical (unpaired) electrons. The Morgan fingerprint density at radius 1 is 1.04 bits per heavy atom. The predicted molar refractivity (Wildman–Crippen MR) is 87.0 cm³/mol. The van der Waals surface area contributed by atoms with E-state index < -0.39 is 9.85 Å². The van der Waals surface area contributed by atoms with Crippen molar-refractivity contribution in [2.75, 3.05) is 17.8 Å². The van der Waals surface area contributed by atoms with Gasteiger partial charge < -0.3 is 5.32 Å². The lowest BCUT2D eigenvalue weighted by Crippen LogP contribution is -1.98. The van der Waals surface area contributed by atoms with Crippen LogP contribution in [0.4, 0.5) is 22.7 Å². The molecule has 0 aliphatic rings. The molecule has 9 heteroatoms. The van der Waals surface area contributed by atoms with E-state index in [2.05, 4.69) is 15.8 Å². The van der Waals surface area contributed by atoms with Gasteiger partial charge in [0, 0.05) is 30.8 Å². The molecule has 2 aromatic rings. The summed E-state index contributed by atoms with van der Waals surface area (Å²) in [7, 11) is 1.60. The molecule has 2 N–H and O–H groups in total. The zero-order chi connectivity index (χ0) is 16.8. The first-order valence-corrected chi connectivity index (χ1v) is 6.51. The van der Waals surface area contributed by atoms with Gasteiger partial charge in [-0.15, -0.1) is 0 Å². The molecule has 9 nitrogen and oxygen atoms in total. The molecule has 0 aliphatic heterocycles. The van der Waals surface area contributed by atoms with Gasteiger partial charge in [-0.25, -0.2) is 0 Å². The molecule has 0 unspecified atom stereocenters. The minimum Gasteiger partial charge on any atom is -0.383 e. The van der Waals surface area contributed by atoms with Gasteiger partial charge in [-0.2, -0.15) is 5.10 Å². The Kier molecular flexibility index (Phi) is 4.82. The highest BCUT2D eigenvalue weighted by Gasteiger charge is 2.12. The average molecular weight is 315 g/mol. The number of rotatable bonds is 6. The highest BCUT2D eigenvalue weighted by atomic mass is 16.6. The maximum atomic E-state index is 11.0. The van der Waals surface area contributed by atoms with Crippen LogP contribution in [0.5, 0.6) is 0 Å². The summed E-state index contributed by atoms with van der Waals surface area (Å²) >= 11 is 0. The van der Waals surface area contributed by atoms with Gasteiger partial charge in [-0.3, -0.25) is 25.7 Å². The van der Waals surface area contributed by atoms with Gasteiger partial charge in [0.2, 0.25) is 0 Å². The Balaban J connectivity index is 2.09. The minimum absolute atomic E-state index is 0.0159. The van der Waals surface area contributed by atoms with Crippen LogP contribution in [0.1, 0.15) is 5.56 Å². The number of nitro benzene ring substituents is 2. The maximum Gasteiger partial charge on any atom is 0.292 e. The highest BCUT2D eigenvalue weighted by Crippen LogP contribution is 2.24. The summed E-state index contributed by atoms with van der Waals surface area (Å²) in [6, 6.07) is 10.4. The van der Waals surface area contributed by atoms with E-state index in [1.807, 2.05) is 0 Å². The number of nitrogens with one attached hydrogen (secondary N) is 2. The molecule has 0 spiro atoms. The second kappa shape index (κ2) is 6.98. The number of hydrogen-bond donors (Lipinski definition) is 2. The van der Waals surface area contributed by atoms with Gasteiger partial charge in [0.1, 0.15) is 5.69 Å². The average Bonchev–Trinajstić information content (AvgIpc) is 2.55. The second-order valence-corrected chi connectivity index (χ2v) is 4.46. The normalized spacial score (nSPS) is 10.5. The number of nitrogens with zero attached hydrogens (tertiary/aromatic N) is 3. The summed E-state index contributed by atoms with van der Waals surface area (Å²) in [5.41, 5.74) is 4.15. The quantitative estimate of drug-likeness (QED) is 0.480. The van der Waals surface area contributed by atoms with Gasteiger partial charge >= 0.3 is 0 Å². The summed E-state index contributed by atoms with van der Waals surface area (Å²) in [4.78, 5) is 20.5. The van der Waals surface area contributed by atoms with E-state index in [9.17, 15) is 20.2 Å². The first kappa shape index (κ1) is 15.9. The van der Waals surface area contributed by atoms with Gasteiger partial charge in [-0.05, 0) is 18.2 Å². The van der Waals surface area contributed by atoms with E-state index in [-0.39, 0.29) is 11.4 Å². The van der Waals surface area contributed by atoms with E-state index in [0.717, 1.165) is 0 Å². The molecule has 23 heavy (non-hydrogen) atoms. The number of hydrazone groups is 1. The minimum atomic E-state index is -0.491. The van der Waals surface area contributed by atoms with Crippen LogP contribution >= 0.6 is 0 Å². The molecular weight excluding hydrogens is 302 g/mol. The molecule has 118 valence electrons. The Labute approximate surface area is 130 Å². The summed E-state index contributed by atoms with van der Waals surface area (Å²) in [5.74, 6) is 0. The van der Waals surface area contributed by atoms with Crippen molar-refractivity contribution >= 4 is 29.0 Å². The standard InChI is InChI=1S/C14H13N5O4/c1-15-13-7-2-10(8-14(13)19(22)23)9-16-17-11-3-5-12(6-4-11)18(20)21/h2-9,15,17H,1H3/b16-9+. The molecule has 0 aliphatic carbocycles. The third-order valence-electron chi connectivity index (χ3n) is 2.97. The fraction of sp³-hybridized carbons (Fsp3) is 0.0714. The fourth-order valence-electron chi connectivity index (χ4n) is 1.83. The van der Waals surface area contributed by atoms with E-state index in [0.29, 0.717) is 16.9 Å². The molecule has 2 aromatic carbocycles. The molecule has 0 aromatic heterocycles. The van der Waals surface area contributed by atoms with Gasteiger partial charge in [0.15, 0.2) is 0 Å². The van der Waals surface area contributed by atoms with Crippen molar-refractivity contribution in [3.8, 4) is 0 Å². The van der Waals surface area contributed by atoms with Crippen molar-refractivity contribution in [2.45, 2.75) is 0 Å². The van der Waals surface area contributed by atoms with Crippen molar-refractivity contribution in [1.82, 2.24) is 0 Å². The topological polar surface area (TPSA) is 123 Å². The van der Waals surface area contributed by atoms with E-state index in [4.69, 9.17) is 0 Å². The first-order chi connectivity index (χ1) is 11.0. The maximum absolute atomic E-state index is 11.0. The number of anilines is 2. The van der Waals surface area contributed by atoms with Crippen molar-refractivity contribution in [3.63, 3.8) is 0 Å². The molecule has 2 rings (SSSR count). The lowest BCUT2D eigenvalue weighted by Gasteiger charge is -2.03. The summed E-state index contributed by atoms with van der Waals surface area (Å²) in [6.45, 7) is 0. The lowest BCUT2D eigenvalue weighted by molar-refractivity contribution is -0.384. The third-order valence-corrected chi connectivity index (χ3v) is 2.97. The number of benzene rings is 2. The van der Waals surface area contributed by atoms with Gasteiger partial charge in [0.05, 0.1) is 21.7 Å². The highest BCUT2D eigenvalue weighted by molar-refractivity contribution is 5.83. The van der Waals surface area contributed by atoms with E-state index in [1.54, 1.807) is 19.2 Å². The summed E-state index contributed by atoms with van der Waals surface area (Å²) in [6.07, 6.45) is 1.42. The fourth-order valence-corrected chi connectivity index (χ4v) is 1.83. The summed E-state index contributed by atoms with van der Waals surface area (Å²) in [5, 5.41) is 28.2. The number of non-ortho nitro benzene ring substituents is 1. The van der Waals surface area contributed by atoms with Crippen LogP contribution in [-0.2, 0) is 0 Å². The second-order valence-electron chi connectivity index (χ2n) is 4.46. The van der Waals surface area contributed by atoms with Crippen LogP contribution in [0, 0.1) is 20.2 Å². The molecular formula is C14H13N5O4. The zero-order valence-corrected chi connectivity index (χ0v) is 12.1. The zero-order valence-electron chi connectivity index (χ0n) is 12.1. The Bertz CT molecular complexity index is 758. The largest absolute Gasteiger partial charge is 0.383 e. The Morgan fingerprint density at radius 3 is 2.30 bits per heavy atom. The smallest absolute Gasteiger partial charge is 0.292 e. The monoisotopic (exact) mass is 315 g/mol.